The highest BCUT2D eigenvalue weighted by Crippen LogP contribution is 2.43. The topological polar surface area (TPSA) is 20.2 Å². The molecule has 1 N–H and O–H groups in total. The average molecular weight is 174 g/mol. The molecule has 0 aromatic carbocycles. The summed E-state index contributed by atoms with van der Waals surface area (Å²) in [6, 6.07) is 0. The van der Waals surface area contributed by atoms with Gasteiger partial charge in [0.05, 0.1) is 0 Å². The molecule has 2 heteroatoms. The fourth-order valence-electron chi connectivity index (χ4n) is 1.11. The van der Waals surface area contributed by atoms with Crippen LogP contribution in [0.3, 0.4) is 0 Å². The summed E-state index contributed by atoms with van der Waals surface area (Å²) in [5, 5.41) is 0.141. The summed E-state index contributed by atoms with van der Waals surface area (Å²) in [5.41, 5.74) is 0. The lowest BCUT2D eigenvalue weighted by molar-refractivity contribution is 0.359. The highest BCUT2D eigenvalue weighted by molar-refractivity contribution is 6.72. The molecule has 0 aliphatic carbocycles. The second-order valence-corrected chi connectivity index (χ2v) is 9.00. The molecule has 0 fully saturated rings. The van der Waals surface area contributed by atoms with Gasteiger partial charge < -0.3 is 4.80 Å². The Kier molecular flexibility index (Phi) is 3.33. The van der Waals surface area contributed by atoms with Gasteiger partial charge in [-0.25, -0.2) is 0 Å². The molecular weight excluding hydrogens is 152 g/mol. The number of hydrogen-bond donors (Lipinski definition) is 1. The largest absolute Gasteiger partial charge is 0.432 e. The minimum Gasteiger partial charge on any atom is -0.432 e. The van der Waals surface area contributed by atoms with Gasteiger partial charge in [0, 0.05) is 0 Å². The van der Waals surface area contributed by atoms with Crippen molar-refractivity contribution in [3.8, 4) is 0 Å². The molecule has 0 unspecified atom stereocenters. The van der Waals surface area contributed by atoms with Crippen molar-refractivity contribution in [2.24, 2.45) is 5.92 Å². The summed E-state index contributed by atoms with van der Waals surface area (Å²) < 4.78 is 0. The predicted octanol–water partition coefficient (Wildman–Crippen LogP) is 3.01. The van der Waals surface area contributed by atoms with Gasteiger partial charge in [-0.1, -0.05) is 34.1 Å². The zero-order valence-corrected chi connectivity index (χ0v) is 9.73. The van der Waals surface area contributed by atoms with Crippen LogP contribution in [0, 0.1) is 5.92 Å². The van der Waals surface area contributed by atoms with E-state index in [2.05, 4.69) is 27.7 Å². The minimum absolute atomic E-state index is 0.141. The summed E-state index contributed by atoms with van der Waals surface area (Å²) in [5.74, 6) is 0.620. The molecule has 0 bridgehead atoms. The van der Waals surface area contributed by atoms with Crippen molar-refractivity contribution in [3.05, 3.63) is 0 Å². The molecule has 0 spiro atoms. The quantitative estimate of drug-likeness (QED) is 0.652. The van der Waals surface area contributed by atoms with E-state index in [1.807, 2.05) is 13.1 Å². The van der Waals surface area contributed by atoms with E-state index < -0.39 is 8.32 Å². The molecule has 0 aliphatic heterocycles. The predicted molar refractivity (Wildman–Crippen MR) is 53.2 cm³/mol. The van der Waals surface area contributed by atoms with Gasteiger partial charge in [0.1, 0.15) is 0 Å². The van der Waals surface area contributed by atoms with E-state index in [0.29, 0.717) is 5.92 Å². The van der Waals surface area contributed by atoms with E-state index in [1.54, 1.807) is 0 Å². The van der Waals surface area contributed by atoms with Crippen molar-refractivity contribution in [1.29, 1.82) is 0 Å². The van der Waals surface area contributed by atoms with Gasteiger partial charge in [0.2, 0.25) is 0 Å². The van der Waals surface area contributed by atoms with Crippen LogP contribution in [-0.2, 0) is 0 Å². The molecule has 0 amide bonds. The van der Waals surface area contributed by atoms with Crippen molar-refractivity contribution < 1.29 is 4.80 Å². The molecule has 0 aromatic heterocycles. The first-order valence-electron chi connectivity index (χ1n) is 4.45. The van der Waals surface area contributed by atoms with Crippen LogP contribution in [0.2, 0.25) is 18.1 Å². The third-order valence-electron chi connectivity index (χ3n) is 3.42. The minimum atomic E-state index is -1.97. The van der Waals surface area contributed by atoms with Crippen molar-refractivity contribution in [1.82, 2.24) is 0 Å². The van der Waals surface area contributed by atoms with Crippen molar-refractivity contribution in [3.63, 3.8) is 0 Å². The third-order valence-corrected chi connectivity index (χ3v) is 7.07. The summed E-state index contributed by atoms with van der Waals surface area (Å²) >= 11 is 0. The Labute approximate surface area is 72.0 Å². The van der Waals surface area contributed by atoms with Crippen LogP contribution in [0.5, 0.6) is 0 Å². The third kappa shape index (κ3) is 2.31. The monoisotopic (exact) mass is 174 g/mol. The smallest absolute Gasteiger partial charge is 0.188 e. The molecule has 1 atom stereocenters. The van der Waals surface area contributed by atoms with Gasteiger partial charge in [-0.2, -0.15) is 0 Å². The molecule has 0 rings (SSSR count). The normalized spacial score (nSPS) is 16.6. The molecule has 0 aromatic rings. The fraction of sp³-hybridized carbons (Fsp3) is 1.00. The maximum Gasteiger partial charge on any atom is 0.188 e. The lowest BCUT2D eigenvalue weighted by Crippen LogP contribution is -2.42. The molecule has 1 nitrogen and oxygen atoms in total. The first-order valence-corrected chi connectivity index (χ1v) is 7.40. The van der Waals surface area contributed by atoms with Gasteiger partial charge >= 0.3 is 0 Å². The standard InChI is InChI=1S/C9H22OSi/c1-7-8(2)9(3,4)11(5,6)10/h8,10H,7H2,1-6H3/t8-/m1/s1. The Bertz CT molecular complexity index is 124. The van der Waals surface area contributed by atoms with Gasteiger partial charge in [-0.05, 0) is 24.1 Å². The second-order valence-electron chi connectivity index (χ2n) is 4.59. The summed E-state index contributed by atoms with van der Waals surface area (Å²) in [6.07, 6.45) is 1.16. The highest BCUT2D eigenvalue weighted by Gasteiger charge is 2.41. The van der Waals surface area contributed by atoms with Gasteiger partial charge in [-0.15, -0.1) is 0 Å². The van der Waals surface area contributed by atoms with Gasteiger partial charge in [0.15, 0.2) is 8.32 Å². The molecule has 0 aliphatic rings. The Balaban J connectivity index is 4.45. The molecule has 0 saturated heterocycles. The van der Waals surface area contributed by atoms with Crippen molar-refractivity contribution >= 4 is 8.32 Å². The molecule has 0 saturated carbocycles. The molecule has 11 heavy (non-hydrogen) atoms. The molecule has 0 radical (unpaired) electrons. The van der Waals surface area contributed by atoms with Gasteiger partial charge in [-0.3, -0.25) is 0 Å². The van der Waals surface area contributed by atoms with Gasteiger partial charge in [0.25, 0.3) is 0 Å². The highest BCUT2D eigenvalue weighted by atomic mass is 28.4. The van der Waals surface area contributed by atoms with Crippen molar-refractivity contribution in [2.75, 3.05) is 0 Å². The Morgan fingerprint density at radius 3 is 1.82 bits per heavy atom. The van der Waals surface area contributed by atoms with Crippen LogP contribution in [0.4, 0.5) is 0 Å². The number of rotatable bonds is 3. The summed E-state index contributed by atoms with van der Waals surface area (Å²) in [4.78, 5) is 9.99. The van der Waals surface area contributed by atoms with Crippen LogP contribution < -0.4 is 0 Å². The Morgan fingerprint density at radius 1 is 1.36 bits per heavy atom. The molecular formula is C9H22OSi. The SMILES string of the molecule is CC[C@@H](C)C(C)(C)[Si](C)(C)O. The van der Waals surface area contributed by atoms with E-state index in [1.165, 1.54) is 0 Å². The zero-order valence-electron chi connectivity index (χ0n) is 8.73. The first kappa shape index (κ1) is 11.2. The Hall–Kier alpha value is 0.177. The van der Waals surface area contributed by atoms with Crippen LogP contribution in [-0.4, -0.2) is 13.1 Å². The van der Waals surface area contributed by atoms with Crippen LogP contribution in [0.15, 0.2) is 0 Å². The molecule has 68 valence electrons. The average Bonchev–Trinajstić information content (AvgIpc) is 1.83. The van der Waals surface area contributed by atoms with Crippen LogP contribution in [0.25, 0.3) is 0 Å². The lowest BCUT2D eigenvalue weighted by Gasteiger charge is -2.40. The molecule has 0 heterocycles. The van der Waals surface area contributed by atoms with E-state index >= 15 is 0 Å². The summed E-state index contributed by atoms with van der Waals surface area (Å²) in [7, 11) is -1.97. The zero-order chi connectivity index (χ0) is 9.28. The van der Waals surface area contributed by atoms with E-state index in [-0.39, 0.29) is 5.04 Å². The van der Waals surface area contributed by atoms with E-state index in [4.69, 9.17) is 0 Å². The maximum atomic E-state index is 9.99. The van der Waals surface area contributed by atoms with E-state index in [9.17, 15) is 4.80 Å². The number of hydrogen-bond acceptors (Lipinski definition) is 1. The van der Waals surface area contributed by atoms with Crippen molar-refractivity contribution in [2.45, 2.75) is 52.2 Å². The van der Waals surface area contributed by atoms with Crippen LogP contribution in [0.1, 0.15) is 34.1 Å². The van der Waals surface area contributed by atoms with Crippen LogP contribution >= 0.6 is 0 Å². The second kappa shape index (κ2) is 3.28. The first-order chi connectivity index (χ1) is 4.73. The maximum absolute atomic E-state index is 9.99. The Morgan fingerprint density at radius 2 is 1.73 bits per heavy atom. The fourth-order valence-corrected chi connectivity index (χ4v) is 2.52. The lowest BCUT2D eigenvalue weighted by atomic mass is 9.94. The van der Waals surface area contributed by atoms with E-state index in [0.717, 1.165) is 6.42 Å². The summed E-state index contributed by atoms with van der Waals surface area (Å²) in [6.45, 7) is 12.8.